The number of methoxy groups -OCH3 is 2. The van der Waals surface area contributed by atoms with Crippen LogP contribution in [0.2, 0.25) is 0 Å². The number of nitrogens with zero attached hydrogens (tertiary/aromatic N) is 1. The first-order valence-corrected chi connectivity index (χ1v) is 6.89. The van der Waals surface area contributed by atoms with Crippen LogP contribution in [0.1, 0.15) is 18.0 Å². The predicted molar refractivity (Wildman–Crippen MR) is 76.8 cm³/mol. The van der Waals surface area contributed by atoms with Gasteiger partial charge in [-0.15, -0.1) is 0 Å². The van der Waals surface area contributed by atoms with E-state index in [-0.39, 0.29) is 11.9 Å². The van der Waals surface area contributed by atoms with Gasteiger partial charge in [0.05, 0.1) is 26.2 Å². The number of carbonyl (C=O) groups is 1. The van der Waals surface area contributed by atoms with Crippen LogP contribution in [0.15, 0.2) is 24.3 Å². The summed E-state index contributed by atoms with van der Waals surface area (Å²) >= 11 is 0. The van der Waals surface area contributed by atoms with E-state index in [1.807, 2.05) is 29.2 Å². The van der Waals surface area contributed by atoms with Crippen molar-refractivity contribution < 1.29 is 14.3 Å². The summed E-state index contributed by atoms with van der Waals surface area (Å²) in [6.07, 6.45) is 0.434. The Labute approximate surface area is 119 Å². The summed E-state index contributed by atoms with van der Waals surface area (Å²) in [5.74, 6) is 0.976. The van der Waals surface area contributed by atoms with E-state index >= 15 is 0 Å². The van der Waals surface area contributed by atoms with E-state index in [0.717, 1.165) is 30.9 Å². The van der Waals surface area contributed by atoms with Gasteiger partial charge in [0.1, 0.15) is 5.75 Å². The van der Waals surface area contributed by atoms with Crippen molar-refractivity contribution >= 4 is 5.91 Å². The second-order valence-corrected chi connectivity index (χ2v) is 4.82. The van der Waals surface area contributed by atoms with Crippen LogP contribution < -0.4 is 10.1 Å². The number of rotatable bonds is 5. The highest BCUT2D eigenvalue weighted by Crippen LogP contribution is 2.24. The van der Waals surface area contributed by atoms with E-state index in [1.54, 1.807) is 14.2 Å². The standard InChI is InChI=1S/C15H22N2O3/c1-19-10-7-15(18)17-9-8-16-11-14(17)12-3-5-13(20-2)6-4-12/h3-6,14,16H,7-11H2,1-2H3. The van der Waals surface area contributed by atoms with Crippen LogP contribution >= 0.6 is 0 Å². The van der Waals surface area contributed by atoms with Gasteiger partial charge in [-0.2, -0.15) is 0 Å². The molecular weight excluding hydrogens is 256 g/mol. The minimum atomic E-state index is 0.0824. The highest BCUT2D eigenvalue weighted by molar-refractivity contribution is 5.77. The Morgan fingerprint density at radius 1 is 1.35 bits per heavy atom. The smallest absolute Gasteiger partial charge is 0.225 e. The van der Waals surface area contributed by atoms with Gasteiger partial charge >= 0.3 is 0 Å². The molecule has 1 aromatic carbocycles. The fourth-order valence-electron chi connectivity index (χ4n) is 2.46. The van der Waals surface area contributed by atoms with Crippen molar-refractivity contribution in [2.24, 2.45) is 0 Å². The minimum absolute atomic E-state index is 0.0824. The third-order valence-electron chi connectivity index (χ3n) is 3.58. The molecule has 0 spiro atoms. The summed E-state index contributed by atoms with van der Waals surface area (Å²) in [6.45, 7) is 2.83. The van der Waals surface area contributed by atoms with Crippen molar-refractivity contribution in [2.75, 3.05) is 40.5 Å². The minimum Gasteiger partial charge on any atom is -0.497 e. The van der Waals surface area contributed by atoms with Gasteiger partial charge in [-0.1, -0.05) is 12.1 Å². The van der Waals surface area contributed by atoms with Crippen molar-refractivity contribution in [1.82, 2.24) is 10.2 Å². The third-order valence-corrected chi connectivity index (χ3v) is 3.58. The first-order valence-electron chi connectivity index (χ1n) is 6.89. The Bertz CT molecular complexity index is 433. The average Bonchev–Trinajstić information content (AvgIpc) is 2.52. The van der Waals surface area contributed by atoms with Crippen molar-refractivity contribution in [1.29, 1.82) is 0 Å². The molecule has 1 amide bonds. The Kier molecular flexibility index (Phi) is 5.38. The van der Waals surface area contributed by atoms with Gasteiger partial charge in [0.15, 0.2) is 0 Å². The molecule has 110 valence electrons. The molecule has 20 heavy (non-hydrogen) atoms. The molecule has 0 bridgehead atoms. The third kappa shape index (κ3) is 3.49. The lowest BCUT2D eigenvalue weighted by Gasteiger charge is -2.36. The number of ether oxygens (including phenoxy) is 2. The summed E-state index contributed by atoms with van der Waals surface area (Å²) in [5.41, 5.74) is 1.13. The molecule has 1 atom stereocenters. The molecular formula is C15H22N2O3. The molecule has 0 aromatic heterocycles. The number of nitrogens with one attached hydrogen (secondary N) is 1. The first kappa shape index (κ1) is 14.8. The maximum absolute atomic E-state index is 12.3. The molecule has 0 aliphatic carbocycles. The molecule has 1 heterocycles. The summed E-state index contributed by atoms with van der Waals surface area (Å²) in [7, 11) is 3.27. The van der Waals surface area contributed by atoms with Crippen molar-refractivity contribution in [3.8, 4) is 5.75 Å². The summed E-state index contributed by atoms with van der Waals surface area (Å²) in [5, 5.41) is 3.35. The Balaban J connectivity index is 2.10. The zero-order valence-electron chi connectivity index (χ0n) is 12.1. The van der Waals surface area contributed by atoms with Crippen molar-refractivity contribution in [2.45, 2.75) is 12.5 Å². The lowest BCUT2D eigenvalue weighted by atomic mass is 10.0. The molecule has 1 unspecified atom stereocenters. The fraction of sp³-hybridized carbons (Fsp3) is 0.533. The molecule has 1 aliphatic rings. The van der Waals surface area contributed by atoms with Gasteiger partial charge in [-0.05, 0) is 17.7 Å². The van der Waals surface area contributed by atoms with Crippen LogP contribution in [-0.4, -0.2) is 51.3 Å². The second-order valence-electron chi connectivity index (χ2n) is 4.82. The summed E-state index contributed by atoms with van der Waals surface area (Å²) in [4.78, 5) is 14.2. The molecule has 1 fully saturated rings. The zero-order chi connectivity index (χ0) is 14.4. The zero-order valence-corrected chi connectivity index (χ0v) is 12.1. The van der Waals surface area contributed by atoms with Crippen molar-refractivity contribution in [3.05, 3.63) is 29.8 Å². The fourth-order valence-corrected chi connectivity index (χ4v) is 2.46. The Morgan fingerprint density at radius 2 is 2.10 bits per heavy atom. The largest absolute Gasteiger partial charge is 0.497 e. The molecule has 1 saturated heterocycles. The quantitative estimate of drug-likeness (QED) is 0.879. The Hall–Kier alpha value is -1.59. The highest BCUT2D eigenvalue weighted by atomic mass is 16.5. The van der Waals surface area contributed by atoms with Gasteiger partial charge < -0.3 is 19.7 Å². The number of hydrogen-bond acceptors (Lipinski definition) is 4. The van der Waals surface area contributed by atoms with Crippen LogP contribution in [0.25, 0.3) is 0 Å². The van der Waals surface area contributed by atoms with E-state index in [0.29, 0.717) is 13.0 Å². The second kappa shape index (κ2) is 7.26. The number of carbonyl (C=O) groups excluding carboxylic acids is 1. The van der Waals surface area contributed by atoms with Crippen LogP contribution in [0.5, 0.6) is 5.75 Å². The van der Waals surface area contributed by atoms with E-state index in [2.05, 4.69) is 5.32 Å². The number of hydrogen-bond donors (Lipinski definition) is 1. The lowest BCUT2D eigenvalue weighted by Crippen LogP contribution is -2.48. The highest BCUT2D eigenvalue weighted by Gasteiger charge is 2.27. The maximum atomic E-state index is 12.3. The molecule has 2 rings (SSSR count). The topological polar surface area (TPSA) is 50.8 Å². The van der Waals surface area contributed by atoms with E-state index in [1.165, 1.54) is 0 Å². The molecule has 1 aliphatic heterocycles. The molecule has 0 saturated carbocycles. The lowest BCUT2D eigenvalue weighted by molar-refractivity contribution is -0.135. The van der Waals surface area contributed by atoms with Gasteiger partial charge in [0.25, 0.3) is 0 Å². The van der Waals surface area contributed by atoms with E-state index < -0.39 is 0 Å². The Morgan fingerprint density at radius 3 is 2.75 bits per heavy atom. The predicted octanol–water partition coefficient (Wildman–Crippen LogP) is 1.20. The van der Waals surface area contributed by atoms with E-state index in [4.69, 9.17) is 9.47 Å². The van der Waals surface area contributed by atoms with Crippen LogP contribution in [0.4, 0.5) is 0 Å². The molecule has 1 N–H and O–H groups in total. The normalized spacial score (nSPS) is 18.9. The van der Waals surface area contributed by atoms with Gasteiger partial charge in [0.2, 0.25) is 5.91 Å². The maximum Gasteiger partial charge on any atom is 0.225 e. The van der Waals surface area contributed by atoms with Crippen LogP contribution in [0, 0.1) is 0 Å². The molecule has 5 heteroatoms. The van der Waals surface area contributed by atoms with Gasteiger partial charge in [-0.25, -0.2) is 0 Å². The SMILES string of the molecule is COCCC(=O)N1CCNCC1c1ccc(OC)cc1. The summed E-state index contributed by atoms with van der Waals surface area (Å²) < 4.78 is 10.2. The van der Waals surface area contributed by atoms with Crippen LogP contribution in [-0.2, 0) is 9.53 Å². The first-order chi connectivity index (χ1) is 9.76. The molecule has 0 radical (unpaired) electrons. The molecule has 1 aromatic rings. The number of amides is 1. The number of piperazine rings is 1. The van der Waals surface area contributed by atoms with Gasteiger partial charge in [0, 0.05) is 26.7 Å². The molecule has 5 nitrogen and oxygen atoms in total. The monoisotopic (exact) mass is 278 g/mol. The van der Waals surface area contributed by atoms with E-state index in [9.17, 15) is 4.79 Å². The average molecular weight is 278 g/mol. The summed E-state index contributed by atoms with van der Waals surface area (Å²) in [6, 6.07) is 7.99. The van der Waals surface area contributed by atoms with Crippen LogP contribution in [0.3, 0.4) is 0 Å². The van der Waals surface area contributed by atoms with Crippen molar-refractivity contribution in [3.63, 3.8) is 0 Å². The van der Waals surface area contributed by atoms with Gasteiger partial charge in [-0.3, -0.25) is 4.79 Å². The number of benzene rings is 1.